The Morgan fingerprint density at radius 3 is 1.70 bits per heavy atom. The Kier molecular flexibility index (Phi) is 7.60. The van der Waals surface area contributed by atoms with E-state index in [1.54, 1.807) is 0 Å². The zero-order valence-electron chi connectivity index (χ0n) is 9.71. The first-order valence-electron chi connectivity index (χ1n) is 4.81. The highest BCUT2D eigenvalue weighted by Crippen LogP contribution is 2.36. The molecule has 0 aromatic carbocycles. The van der Waals surface area contributed by atoms with Gasteiger partial charge >= 0.3 is 15.6 Å². The molecule has 0 fully saturated rings. The number of aliphatic hydroxyl groups excluding tert-OH is 3. The molecular formula is C6H14O12P2. The van der Waals surface area contributed by atoms with Gasteiger partial charge in [0.1, 0.15) is 18.3 Å². The molecule has 20 heavy (non-hydrogen) atoms. The van der Waals surface area contributed by atoms with E-state index in [9.17, 15) is 24.1 Å². The molecule has 0 heterocycles. The zero-order valence-corrected chi connectivity index (χ0v) is 11.5. The van der Waals surface area contributed by atoms with Gasteiger partial charge in [0.25, 0.3) is 0 Å². The van der Waals surface area contributed by atoms with Crippen LogP contribution in [0, 0.1) is 0 Å². The number of carbonyl (C=O) groups excluding carboxylic acids is 1. The molecule has 0 bridgehead atoms. The van der Waals surface area contributed by atoms with Crippen molar-refractivity contribution >= 4 is 21.4 Å². The first kappa shape index (κ1) is 19.8. The van der Waals surface area contributed by atoms with E-state index in [2.05, 4.69) is 9.05 Å². The van der Waals surface area contributed by atoms with Gasteiger partial charge in [0.2, 0.25) is 0 Å². The molecule has 12 nitrogen and oxygen atoms in total. The number of Topliss-reactive ketones (excluding diaryl/α,β-unsaturated/α-hetero) is 1. The van der Waals surface area contributed by atoms with Crippen molar-refractivity contribution in [1.82, 2.24) is 0 Å². The van der Waals surface area contributed by atoms with Gasteiger partial charge in [-0.05, 0) is 0 Å². The number of ketones is 1. The van der Waals surface area contributed by atoms with Gasteiger partial charge in [-0.1, -0.05) is 0 Å². The highest BCUT2D eigenvalue weighted by atomic mass is 31.2. The molecule has 14 heteroatoms. The molecule has 0 saturated heterocycles. The lowest BCUT2D eigenvalue weighted by Gasteiger charge is -2.19. The molecule has 0 aromatic heterocycles. The van der Waals surface area contributed by atoms with Crippen molar-refractivity contribution in [3.05, 3.63) is 0 Å². The highest BCUT2D eigenvalue weighted by Gasteiger charge is 2.32. The Morgan fingerprint density at radius 2 is 1.30 bits per heavy atom. The van der Waals surface area contributed by atoms with E-state index < -0.39 is 53.0 Å². The molecule has 0 aliphatic heterocycles. The molecule has 7 N–H and O–H groups in total. The minimum atomic E-state index is -4.93. The van der Waals surface area contributed by atoms with Crippen LogP contribution >= 0.6 is 15.6 Å². The highest BCUT2D eigenvalue weighted by molar-refractivity contribution is 7.46. The molecule has 0 aromatic rings. The van der Waals surface area contributed by atoms with Crippen molar-refractivity contribution in [3.8, 4) is 0 Å². The van der Waals surface area contributed by atoms with Gasteiger partial charge in [-0.25, -0.2) is 9.13 Å². The van der Waals surface area contributed by atoms with Gasteiger partial charge in [-0.15, -0.1) is 0 Å². The van der Waals surface area contributed by atoms with E-state index in [-0.39, 0.29) is 0 Å². The average Bonchev–Trinajstić information content (AvgIpc) is 2.29. The van der Waals surface area contributed by atoms with Gasteiger partial charge in [-0.2, -0.15) is 0 Å². The van der Waals surface area contributed by atoms with Crippen molar-refractivity contribution in [2.45, 2.75) is 18.3 Å². The van der Waals surface area contributed by atoms with Crippen molar-refractivity contribution in [2.75, 3.05) is 13.2 Å². The third-order valence-corrected chi connectivity index (χ3v) is 2.77. The number of aliphatic hydroxyl groups is 3. The lowest BCUT2D eigenvalue weighted by molar-refractivity contribution is -0.144. The van der Waals surface area contributed by atoms with Gasteiger partial charge in [0, 0.05) is 0 Å². The Balaban J connectivity index is 4.38. The van der Waals surface area contributed by atoms with Crippen LogP contribution in [0.15, 0.2) is 0 Å². The minimum absolute atomic E-state index is 1.11. The number of phosphoric acid groups is 2. The summed E-state index contributed by atoms with van der Waals surface area (Å²) in [5.74, 6) is -1.47. The Labute approximate surface area is 112 Å². The van der Waals surface area contributed by atoms with E-state index >= 15 is 0 Å². The second kappa shape index (κ2) is 7.69. The van der Waals surface area contributed by atoms with Gasteiger partial charge < -0.3 is 34.9 Å². The third-order valence-electron chi connectivity index (χ3n) is 1.80. The quantitative estimate of drug-likeness (QED) is 0.207. The second-order valence-electron chi connectivity index (χ2n) is 3.50. The summed E-state index contributed by atoms with van der Waals surface area (Å²) in [6.07, 6.45) is -6.53. The fourth-order valence-corrected chi connectivity index (χ4v) is 1.58. The molecule has 0 amide bonds. The molecular weight excluding hydrogens is 326 g/mol. The van der Waals surface area contributed by atoms with E-state index in [0.717, 1.165) is 0 Å². The number of rotatable bonds is 9. The van der Waals surface area contributed by atoms with E-state index in [0.29, 0.717) is 0 Å². The van der Waals surface area contributed by atoms with Crippen molar-refractivity contribution in [1.29, 1.82) is 0 Å². The normalized spacial score (nSPS) is 17.6. The molecule has 0 saturated carbocycles. The third kappa shape index (κ3) is 8.84. The Morgan fingerprint density at radius 1 is 0.900 bits per heavy atom. The van der Waals surface area contributed by atoms with Crippen LogP contribution in [-0.2, 0) is 23.0 Å². The first-order chi connectivity index (χ1) is 8.83. The van der Waals surface area contributed by atoms with Crippen LogP contribution in [0.4, 0.5) is 0 Å². The lowest BCUT2D eigenvalue weighted by Crippen LogP contribution is -2.43. The van der Waals surface area contributed by atoms with Crippen LogP contribution in [0.1, 0.15) is 0 Å². The maximum atomic E-state index is 11.3. The number of carbonyl (C=O) groups is 1. The van der Waals surface area contributed by atoms with Gasteiger partial charge in [0.05, 0.1) is 13.2 Å². The molecule has 120 valence electrons. The summed E-state index contributed by atoms with van der Waals surface area (Å²) in [7, 11) is -9.85. The predicted molar refractivity (Wildman–Crippen MR) is 59.0 cm³/mol. The van der Waals surface area contributed by atoms with Crippen LogP contribution < -0.4 is 0 Å². The topological polar surface area (TPSA) is 211 Å². The molecule has 0 spiro atoms. The number of hydrogen-bond donors (Lipinski definition) is 7. The maximum Gasteiger partial charge on any atom is 0.469 e. The summed E-state index contributed by atoms with van der Waals surface area (Å²) >= 11 is 0. The van der Waals surface area contributed by atoms with Gasteiger partial charge in [-0.3, -0.25) is 13.8 Å². The fourth-order valence-electron chi connectivity index (χ4n) is 0.901. The molecule has 0 radical (unpaired) electrons. The van der Waals surface area contributed by atoms with Crippen molar-refractivity contribution in [3.63, 3.8) is 0 Å². The molecule has 3 atom stereocenters. The summed E-state index contributed by atoms with van der Waals surface area (Å²) in [6.45, 7) is -2.25. The lowest BCUT2D eigenvalue weighted by atomic mass is 10.1. The molecule has 0 aliphatic rings. The molecule has 0 aliphatic carbocycles. The van der Waals surface area contributed by atoms with Crippen LogP contribution in [0.25, 0.3) is 0 Å². The zero-order chi connectivity index (χ0) is 16.1. The smallest absolute Gasteiger partial charge is 0.388 e. The van der Waals surface area contributed by atoms with E-state index in [4.69, 9.17) is 24.7 Å². The van der Waals surface area contributed by atoms with E-state index in [1.807, 2.05) is 0 Å². The second-order valence-corrected chi connectivity index (χ2v) is 5.98. The predicted octanol–water partition coefficient (Wildman–Crippen LogP) is -3.14. The monoisotopic (exact) mass is 340 g/mol. The van der Waals surface area contributed by atoms with Crippen molar-refractivity contribution < 1.29 is 57.9 Å². The summed E-state index contributed by atoms with van der Waals surface area (Å²) in [4.78, 5) is 44.6. The fraction of sp³-hybridized carbons (Fsp3) is 0.833. The number of hydrogen-bond acceptors (Lipinski definition) is 8. The Bertz CT molecular complexity index is 410. The Hall–Kier alpha value is -0.230. The average molecular weight is 340 g/mol. The van der Waals surface area contributed by atoms with Gasteiger partial charge in [0.15, 0.2) is 5.78 Å². The summed E-state index contributed by atoms with van der Waals surface area (Å²) in [5.41, 5.74) is 0. The largest absolute Gasteiger partial charge is 0.469 e. The summed E-state index contributed by atoms with van der Waals surface area (Å²) in [6, 6.07) is 0. The number of phosphoric ester groups is 2. The summed E-state index contributed by atoms with van der Waals surface area (Å²) < 4.78 is 28.2. The molecule has 1 unspecified atom stereocenters. The SMILES string of the molecule is O=C(C(O)COP(=O)(O)O)[C@@H](O)[C@H](O)COP(=O)(O)O. The maximum absolute atomic E-state index is 11.3. The van der Waals surface area contributed by atoms with Crippen molar-refractivity contribution in [2.24, 2.45) is 0 Å². The van der Waals surface area contributed by atoms with Crippen LogP contribution in [0.3, 0.4) is 0 Å². The minimum Gasteiger partial charge on any atom is -0.388 e. The van der Waals surface area contributed by atoms with E-state index in [1.165, 1.54) is 0 Å². The van der Waals surface area contributed by atoms with Crippen LogP contribution in [0.5, 0.6) is 0 Å². The summed E-state index contributed by atoms with van der Waals surface area (Å²) in [5, 5.41) is 27.6. The standard InChI is InChI=1S/C6H14O12P2/c7-3(1-17-19(11,12)13)5(9)6(10)4(8)2-18-20(14,15)16/h3-5,7-9H,1-2H2,(H2,11,12,13)(H2,14,15,16)/t3-,4?,5+/m1/s1. The molecule has 0 rings (SSSR count). The van der Waals surface area contributed by atoms with Crippen LogP contribution in [-0.4, -0.2) is 72.2 Å². The van der Waals surface area contributed by atoms with Crippen LogP contribution in [0.2, 0.25) is 0 Å². The first-order valence-corrected chi connectivity index (χ1v) is 7.87.